The van der Waals surface area contributed by atoms with E-state index in [1.165, 1.54) is 25.8 Å². The highest BCUT2D eigenvalue weighted by Gasteiger charge is 2.23. The smallest absolute Gasteiger partial charge is 0.220 e. The molecule has 0 aliphatic carbocycles. The highest BCUT2D eigenvalue weighted by molar-refractivity contribution is 5.86. The zero-order chi connectivity index (χ0) is 23.9. The lowest BCUT2D eigenvalue weighted by Gasteiger charge is -2.33. The Labute approximate surface area is 202 Å². The van der Waals surface area contributed by atoms with Crippen molar-refractivity contribution in [3.8, 4) is 11.5 Å². The zero-order valence-electron chi connectivity index (χ0n) is 20.6. The molecule has 1 aliphatic heterocycles. The van der Waals surface area contributed by atoms with Gasteiger partial charge < -0.3 is 24.7 Å². The molecule has 2 unspecified atom stereocenters. The fourth-order valence-electron chi connectivity index (χ4n) is 5.12. The number of piperidine rings is 1. The Morgan fingerprint density at radius 1 is 1.15 bits per heavy atom. The Hall–Kier alpha value is -2.99. The average molecular weight is 464 g/mol. The van der Waals surface area contributed by atoms with E-state index >= 15 is 0 Å². The molecular weight excluding hydrogens is 426 g/mol. The molecule has 6 heteroatoms. The molecule has 6 nitrogen and oxygen atoms in total. The van der Waals surface area contributed by atoms with Crippen molar-refractivity contribution >= 4 is 16.8 Å². The number of H-pyrrole nitrogens is 1. The van der Waals surface area contributed by atoms with Crippen LogP contribution in [0, 0.1) is 0 Å². The van der Waals surface area contributed by atoms with Gasteiger partial charge in [0.05, 0.1) is 14.2 Å². The van der Waals surface area contributed by atoms with Gasteiger partial charge in [-0.3, -0.25) is 4.79 Å². The summed E-state index contributed by atoms with van der Waals surface area (Å²) in [6, 6.07) is 14.8. The maximum absolute atomic E-state index is 13.1. The van der Waals surface area contributed by atoms with Gasteiger partial charge in [-0.2, -0.15) is 0 Å². The predicted octanol–water partition coefficient (Wildman–Crippen LogP) is 5.09. The predicted molar refractivity (Wildman–Crippen MR) is 137 cm³/mol. The first kappa shape index (κ1) is 24.1. The normalized spacial score (nSPS) is 17.4. The largest absolute Gasteiger partial charge is 0.493 e. The number of methoxy groups -OCH3 is 2. The second-order valence-corrected chi connectivity index (χ2v) is 9.25. The van der Waals surface area contributed by atoms with Gasteiger partial charge in [-0.1, -0.05) is 30.7 Å². The summed E-state index contributed by atoms with van der Waals surface area (Å²) < 4.78 is 11.0. The molecule has 0 radical (unpaired) electrons. The summed E-state index contributed by atoms with van der Waals surface area (Å²) in [7, 11) is 3.27. The van der Waals surface area contributed by atoms with Gasteiger partial charge in [-0.25, -0.2) is 0 Å². The summed E-state index contributed by atoms with van der Waals surface area (Å²) in [6.07, 6.45) is 7.27. The van der Waals surface area contributed by atoms with Crippen molar-refractivity contribution < 1.29 is 14.3 Å². The molecule has 1 amide bonds. The molecule has 1 saturated heterocycles. The van der Waals surface area contributed by atoms with Crippen LogP contribution in [0.4, 0.5) is 0 Å². The third-order valence-corrected chi connectivity index (χ3v) is 7.08. The molecule has 34 heavy (non-hydrogen) atoms. The summed E-state index contributed by atoms with van der Waals surface area (Å²) in [5, 5.41) is 4.30. The van der Waals surface area contributed by atoms with Crippen molar-refractivity contribution in [2.24, 2.45) is 0 Å². The van der Waals surface area contributed by atoms with Crippen molar-refractivity contribution in [2.45, 2.75) is 51.0 Å². The van der Waals surface area contributed by atoms with Crippen LogP contribution in [-0.4, -0.2) is 55.7 Å². The number of likely N-dealkylation sites (tertiary alicyclic amines) is 1. The van der Waals surface area contributed by atoms with Crippen molar-refractivity contribution in [2.75, 3.05) is 33.9 Å². The minimum Gasteiger partial charge on any atom is -0.493 e. The molecule has 4 rings (SSSR count). The van der Waals surface area contributed by atoms with Crippen LogP contribution in [0.1, 0.15) is 56.1 Å². The Balaban J connectivity index is 1.48. The number of benzene rings is 2. The molecule has 2 N–H and O–H groups in total. The van der Waals surface area contributed by atoms with Crippen molar-refractivity contribution in [3.05, 3.63) is 59.8 Å². The Morgan fingerprint density at radius 3 is 2.76 bits per heavy atom. The fourth-order valence-corrected chi connectivity index (χ4v) is 5.12. The average Bonchev–Trinajstić information content (AvgIpc) is 3.29. The van der Waals surface area contributed by atoms with Crippen molar-refractivity contribution in [1.82, 2.24) is 15.2 Å². The first-order chi connectivity index (χ1) is 16.6. The molecule has 2 atom stereocenters. The zero-order valence-corrected chi connectivity index (χ0v) is 20.6. The second-order valence-electron chi connectivity index (χ2n) is 9.25. The highest BCUT2D eigenvalue weighted by atomic mass is 16.5. The van der Waals surface area contributed by atoms with Crippen LogP contribution in [0.3, 0.4) is 0 Å². The fraction of sp³-hybridized carbons (Fsp3) is 0.464. The maximum atomic E-state index is 13.1. The molecule has 0 saturated carbocycles. The minimum absolute atomic E-state index is 0.0664. The third-order valence-electron chi connectivity index (χ3n) is 7.08. The second kappa shape index (κ2) is 11.4. The molecular formula is C28H37N3O3. The van der Waals surface area contributed by atoms with E-state index in [2.05, 4.69) is 34.3 Å². The van der Waals surface area contributed by atoms with Crippen molar-refractivity contribution in [1.29, 1.82) is 0 Å². The number of nitrogens with one attached hydrogen (secondary N) is 2. The molecule has 2 aromatic carbocycles. The molecule has 0 bridgehead atoms. The summed E-state index contributed by atoms with van der Waals surface area (Å²) in [4.78, 5) is 19.0. The van der Waals surface area contributed by atoms with Crippen LogP contribution in [0.15, 0.2) is 48.7 Å². The number of para-hydroxylation sites is 1. The number of nitrogens with zero attached hydrogens (tertiary/aromatic N) is 1. The Morgan fingerprint density at radius 2 is 1.97 bits per heavy atom. The van der Waals surface area contributed by atoms with Crippen LogP contribution < -0.4 is 14.8 Å². The van der Waals surface area contributed by atoms with Gasteiger partial charge in [-0.05, 0) is 62.1 Å². The van der Waals surface area contributed by atoms with Crippen LogP contribution in [-0.2, 0) is 4.79 Å². The molecule has 3 aromatic rings. The molecule has 1 aliphatic rings. The van der Waals surface area contributed by atoms with Gasteiger partial charge in [0.2, 0.25) is 5.91 Å². The lowest BCUT2D eigenvalue weighted by Crippen LogP contribution is -2.39. The van der Waals surface area contributed by atoms with E-state index in [0.29, 0.717) is 30.5 Å². The number of hydrogen-bond donors (Lipinski definition) is 2. The standard InChI is InChI=1S/C28H37N3O3/c1-20-9-6-7-15-31(20)16-8-14-29-28(32)18-23(21-12-13-26(33-2)27(17-21)34-3)24-19-30-25-11-5-4-10-22(24)25/h4-5,10-13,17,19-20,23,30H,6-9,14-16,18H2,1-3H3,(H,29,32). The topological polar surface area (TPSA) is 66.6 Å². The van der Waals surface area contributed by atoms with E-state index in [9.17, 15) is 4.79 Å². The van der Waals surface area contributed by atoms with Gasteiger partial charge in [0.1, 0.15) is 0 Å². The third kappa shape index (κ3) is 5.55. The first-order valence-electron chi connectivity index (χ1n) is 12.4. The number of ether oxygens (including phenoxy) is 2. The molecule has 182 valence electrons. The van der Waals surface area contributed by atoms with E-state index in [1.807, 2.05) is 36.5 Å². The number of carbonyl (C=O) groups excluding carboxylic acids is 1. The van der Waals surface area contributed by atoms with Gasteiger partial charge in [0.25, 0.3) is 0 Å². The number of carbonyl (C=O) groups is 1. The number of fused-ring (bicyclic) bond motifs is 1. The van der Waals surface area contributed by atoms with Gasteiger partial charge >= 0.3 is 0 Å². The maximum Gasteiger partial charge on any atom is 0.220 e. The van der Waals surface area contributed by atoms with Gasteiger partial charge in [0, 0.05) is 48.6 Å². The quantitative estimate of drug-likeness (QED) is 0.411. The lowest BCUT2D eigenvalue weighted by atomic mass is 9.87. The minimum atomic E-state index is -0.0990. The van der Waals surface area contributed by atoms with E-state index in [-0.39, 0.29) is 11.8 Å². The van der Waals surface area contributed by atoms with E-state index < -0.39 is 0 Å². The van der Waals surface area contributed by atoms with Crippen molar-refractivity contribution in [3.63, 3.8) is 0 Å². The number of aromatic nitrogens is 1. The van der Waals surface area contributed by atoms with Crippen LogP contribution in [0.2, 0.25) is 0 Å². The summed E-state index contributed by atoms with van der Waals surface area (Å²) in [5.74, 6) is 1.32. The number of hydrogen-bond acceptors (Lipinski definition) is 4. The first-order valence-corrected chi connectivity index (χ1v) is 12.4. The number of aromatic amines is 1. The van der Waals surface area contributed by atoms with Crippen LogP contribution >= 0.6 is 0 Å². The summed E-state index contributed by atoms with van der Waals surface area (Å²) in [6.45, 7) is 5.24. The van der Waals surface area contributed by atoms with Gasteiger partial charge in [0.15, 0.2) is 11.5 Å². The molecule has 0 spiro atoms. The Kier molecular flexibility index (Phi) is 8.12. The van der Waals surface area contributed by atoms with E-state index in [4.69, 9.17) is 9.47 Å². The monoisotopic (exact) mass is 463 g/mol. The van der Waals surface area contributed by atoms with E-state index in [0.717, 1.165) is 35.0 Å². The lowest BCUT2D eigenvalue weighted by molar-refractivity contribution is -0.121. The van der Waals surface area contributed by atoms with E-state index in [1.54, 1.807) is 14.2 Å². The van der Waals surface area contributed by atoms with Crippen LogP contribution in [0.5, 0.6) is 11.5 Å². The van der Waals surface area contributed by atoms with Gasteiger partial charge in [-0.15, -0.1) is 0 Å². The number of rotatable bonds is 10. The summed E-state index contributed by atoms with van der Waals surface area (Å²) >= 11 is 0. The Bertz CT molecular complexity index is 1090. The SMILES string of the molecule is COc1ccc(C(CC(=O)NCCCN2CCCCC2C)c2c[nH]c3ccccc23)cc1OC. The number of amides is 1. The van der Waals surface area contributed by atoms with Crippen LogP contribution in [0.25, 0.3) is 10.9 Å². The highest BCUT2D eigenvalue weighted by Crippen LogP contribution is 2.37. The summed E-state index contributed by atoms with van der Waals surface area (Å²) in [5.41, 5.74) is 3.21. The molecule has 2 heterocycles. The molecule has 1 fully saturated rings. The molecule has 1 aromatic heterocycles.